The maximum Gasteiger partial charge on any atom is 0.315 e. The second-order valence-corrected chi connectivity index (χ2v) is 8.23. The first-order valence-corrected chi connectivity index (χ1v) is 10.1. The van der Waals surface area contributed by atoms with Gasteiger partial charge in [-0.05, 0) is 33.6 Å². The molecule has 142 valence electrons. The highest BCUT2D eigenvalue weighted by Crippen LogP contribution is 2.33. The summed E-state index contributed by atoms with van der Waals surface area (Å²) in [7, 11) is 0. The number of aromatic nitrogens is 2. The molecule has 2 N–H and O–H groups in total. The molecule has 2 aliphatic rings. The van der Waals surface area contributed by atoms with Gasteiger partial charge in [0.1, 0.15) is 6.61 Å². The first-order chi connectivity index (χ1) is 12.4. The number of aryl methyl sites for hydroxylation is 3. The summed E-state index contributed by atoms with van der Waals surface area (Å²) < 4.78 is 5.35. The molecule has 0 saturated carbocycles. The number of nitrogens with one attached hydrogen (secondary N) is 2. The van der Waals surface area contributed by atoms with E-state index in [-0.39, 0.29) is 30.7 Å². The number of rotatable bonds is 7. The first kappa shape index (κ1) is 18.9. The normalized spacial score (nSPS) is 24.1. The van der Waals surface area contributed by atoms with Gasteiger partial charge in [0.2, 0.25) is 0 Å². The molecule has 3 rings (SSSR count). The molecule has 8 heteroatoms. The Morgan fingerprint density at radius 2 is 1.92 bits per heavy atom. The van der Waals surface area contributed by atoms with Crippen LogP contribution in [-0.2, 0) is 16.1 Å². The van der Waals surface area contributed by atoms with Gasteiger partial charge in [-0.1, -0.05) is 6.42 Å². The Bertz CT molecular complexity index is 697. The van der Waals surface area contributed by atoms with Gasteiger partial charge in [0.25, 0.3) is 0 Å². The van der Waals surface area contributed by atoms with Crippen molar-refractivity contribution in [1.29, 1.82) is 0 Å². The Morgan fingerprint density at radius 3 is 2.73 bits per heavy atom. The van der Waals surface area contributed by atoms with E-state index in [1.165, 1.54) is 0 Å². The predicted octanol–water partition coefficient (Wildman–Crippen LogP) is 2.17. The number of nitrogens with zero attached hydrogens (tertiary/aromatic N) is 2. The second-order valence-electron chi connectivity index (χ2n) is 6.95. The molecule has 3 atom stereocenters. The van der Waals surface area contributed by atoms with Crippen LogP contribution in [0.3, 0.4) is 0 Å². The van der Waals surface area contributed by atoms with E-state index >= 15 is 0 Å². The molecule has 0 spiro atoms. The molecule has 2 amide bonds. The quantitative estimate of drug-likeness (QED) is 0.429. The standard InChI is InChI=1S/C18H26N4O3S/c1-10-11(2)20-13(12(3)19-10)8-25-16(23)7-5-4-6-15-17-14(9-26-15)21-18(24)22-17/h14-15,17H,4-9H2,1-3H3,(H2,21,22,24)/t14-,15-,17-/m0/s1. The van der Waals surface area contributed by atoms with Gasteiger partial charge in [0.15, 0.2) is 0 Å². The number of fused-ring (bicyclic) bond motifs is 1. The largest absolute Gasteiger partial charge is 0.459 e. The molecule has 7 nitrogen and oxygen atoms in total. The Balaban J connectivity index is 1.35. The van der Waals surface area contributed by atoms with E-state index in [1.54, 1.807) is 0 Å². The van der Waals surface area contributed by atoms with Gasteiger partial charge in [-0.15, -0.1) is 0 Å². The molecule has 1 aromatic rings. The van der Waals surface area contributed by atoms with Gasteiger partial charge in [0, 0.05) is 17.4 Å². The number of amides is 2. The fourth-order valence-electron chi connectivity index (χ4n) is 3.38. The zero-order valence-corrected chi connectivity index (χ0v) is 16.3. The maximum atomic E-state index is 12.0. The summed E-state index contributed by atoms with van der Waals surface area (Å²) in [6.45, 7) is 5.88. The van der Waals surface area contributed by atoms with Crippen LogP contribution in [-0.4, -0.2) is 45.1 Å². The molecule has 0 bridgehead atoms. The summed E-state index contributed by atoms with van der Waals surface area (Å²) in [5.41, 5.74) is 3.29. The van der Waals surface area contributed by atoms with E-state index in [9.17, 15) is 9.59 Å². The van der Waals surface area contributed by atoms with Crippen LogP contribution in [0.2, 0.25) is 0 Å². The van der Waals surface area contributed by atoms with Crippen LogP contribution in [0.15, 0.2) is 0 Å². The van der Waals surface area contributed by atoms with Crippen molar-refractivity contribution in [3.8, 4) is 0 Å². The number of esters is 1. The Morgan fingerprint density at radius 1 is 1.15 bits per heavy atom. The molecule has 0 aliphatic carbocycles. The van der Waals surface area contributed by atoms with Crippen LogP contribution in [0, 0.1) is 20.8 Å². The lowest BCUT2D eigenvalue weighted by atomic mass is 10.0. The average Bonchev–Trinajstić information content (AvgIpc) is 3.13. The zero-order valence-electron chi connectivity index (χ0n) is 15.5. The molecule has 1 aromatic heterocycles. The van der Waals surface area contributed by atoms with Crippen molar-refractivity contribution in [1.82, 2.24) is 20.6 Å². The number of carbonyl (C=O) groups excluding carboxylic acids is 2. The number of urea groups is 1. The summed E-state index contributed by atoms with van der Waals surface area (Å²) in [6, 6.07) is 0.425. The molecular weight excluding hydrogens is 352 g/mol. The van der Waals surface area contributed by atoms with E-state index in [2.05, 4.69) is 20.6 Å². The van der Waals surface area contributed by atoms with Gasteiger partial charge in [0.05, 0.1) is 34.9 Å². The third-order valence-electron chi connectivity index (χ3n) is 5.01. The van der Waals surface area contributed by atoms with E-state index < -0.39 is 0 Å². The summed E-state index contributed by atoms with van der Waals surface area (Å²) in [5, 5.41) is 6.37. The number of unbranched alkanes of at least 4 members (excludes halogenated alkanes) is 1. The van der Waals surface area contributed by atoms with Crippen molar-refractivity contribution in [3.05, 3.63) is 22.8 Å². The van der Waals surface area contributed by atoms with Gasteiger partial charge < -0.3 is 15.4 Å². The van der Waals surface area contributed by atoms with Crippen molar-refractivity contribution >= 4 is 23.8 Å². The van der Waals surface area contributed by atoms with Crippen molar-refractivity contribution in [2.75, 3.05) is 5.75 Å². The number of hydrogen-bond donors (Lipinski definition) is 2. The molecule has 0 radical (unpaired) electrons. The zero-order chi connectivity index (χ0) is 18.7. The second kappa shape index (κ2) is 8.24. The summed E-state index contributed by atoms with van der Waals surface area (Å²) >= 11 is 1.90. The number of hydrogen-bond acceptors (Lipinski definition) is 6. The lowest BCUT2D eigenvalue weighted by molar-refractivity contribution is -0.145. The topological polar surface area (TPSA) is 93.2 Å². The van der Waals surface area contributed by atoms with Crippen LogP contribution in [0.1, 0.15) is 48.5 Å². The van der Waals surface area contributed by atoms with Gasteiger partial charge >= 0.3 is 12.0 Å². The summed E-state index contributed by atoms with van der Waals surface area (Å²) in [4.78, 5) is 32.2. The van der Waals surface area contributed by atoms with Gasteiger partial charge in [-0.2, -0.15) is 11.8 Å². The minimum Gasteiger partial charge on any atom is -0.459 e. The minimum absolute atomic E-state index is 0.0568. The lowest BCUT2D eigenvalue weighted by Gasteiger charge is -2.16. The average molecular weight is 378 g/mol. The van der Waals surface area contributed by atoms with E-state index in [0.29, 0.717) is 11.7 Å². The third-order valence-corrected chi connectivity index (χ3v) is 6.52. The van der Waals surface area contributed by atoms with Crippen LogP contribution >= 0.6 is 11.8 Å². The summed E-state index contributed by atoms with van der Waals surface area (Å²) in [6.07, 6.45) is 3.16. The van der Waals surface area contributed by atoms with E-state index in [0.717, 1.165) is 47.8 Å². The maximum absolute atomic E-state index is 12.0. The molecule has 2 aliphatic heterocycles. The predicted molar refractivity (Wildman–Crippen MR) is 100.0 cm³/mol. The molecule has 26 heavy (non-hydrogen) atoms. The van der Waals surface area contributed by atoms with Gasteiger partial charge in [-0.25, -0.2) is 4.79 Å². The highest BCUT2D eigenvalue weighted by Gasteiger charge is 2.42. The molecular formula is C18H26N4O3S. The molecule has 0 aromatic carbocycles. The molecule has 0 unspecified atom stereocenters. The van der Waals surface area contributed by atoms with Crippen molar-refractivity contribution in [3.63, 3.8) is 0 Å². The van der Waals surface area contributed by atoms with Crippen LogP contribution < -0.4 is 10.6 Å². The minimum atomic E-state index is -0.197. The van der Waals surface area contributed by atoms with Crippen molar-refractivity contribution in [2.24, 2.45) is 0 Å². The molecule has 2 fully saturated rings. The lowest BCUT2D eigenvalue weighted by Crippen LogP contribution is -2.36. The van der Waals surface area contributed by atoms with Crippen LogP contribution in [0.25, 0.3) is 0 Å². The third kappa shape index (κ3) is 4.47. The Hall–Kier alpha value is -1.83. The number of ether oxygens (including phenoxy) is 1. The number of carbonyl (C=O) groups is 2. The van der Waals surface area contributed by atoms with Gasteiger partial charge in [-0.3, -0.25) is 14.8 Å². The highest BCUT2D eigenvalue weighted by atomic mass is 32.2. The molecule has 3 heterocycles. The van der Waals surface area contributed by atoms with E-state index in [1.807, 2.05) is 32.5 Å². The number of thioether (sulfide) groups is 1. The Labute approximate surface area is 158 Å². The summed E-state index contributed by atoms with van der Waals surface area (Å²) in [5.74, 6) is 0.768. The Kier molecular flexibility index (Phi) is 6.01. The fraction of sp³-hybridized carbons (Fsp3) is 0.667. The van der Waals surface area contributed by atoms with Crippen molar-refractivity contribution < 1.29 is 14.3 Å². The molecule has 2 saturated heterocycles. The van der Waals surface area contributed by atoms with Crippen LogP contribution in [0.4, 0.5) is 4.79 Å². The highest BCUT2D eigenvalue weighted by molar-refractivity contribution is 8.00. The van der Waals surface area contributed by atoms with Crippen LogP contribution in [0.5, 0.6) is 0 Å². The smallest absolute Gasteiger partial charge is 0.315 e. The monoisotopic (exact) mass is 378 g/mol. The van der Waals surface area contributed by atoms with E-state index in [4.69, 9.17) is 4.74 Å². The first-order valence-electron chi connectivity index (χ1n) is 9.09. The fourth-order valence-corrected chi connectivity index (χ4v) is 4.92. The van der Waals surface area contributed by atoms with Crippen molar-refractivity contribution in [2.45, 2.75) is 70.4 Å². The SMILES string of the molecule is Cc1nc(C)c(COC(=O)CCCC[C@@H]2SC[C@@H]3NC(=O)N[C@@H]32)nc1C.